The van der Waals surface area contributed by atoms with Gasteiger partial charge in [-0.3, -0.25) is 9.59 Å². The second kappa shape index (κ2) is 13.1. The van der Waals surface area contributed by atoms with E-state index in [9.17, 15) is 9.59 Å². The number of amides is 1. The first-order valence-corrected chi connectivity index (χ1v) is 14.0. The molecule has 204 valence electrons. The van der Waals surface area contributed by atoms with Crippen molar-refractivity contribution in [3.05, 3.63) is 88.3 Å². The van der Waals surface area contributed by atoms with E-state index in [2.05, 4.69) is 48.4 Å². The molecule has 1 N–H and O–H groups in total. The van der Waals surface area contributed by atoms with E-state index in [0.29, 0.717) is 51.9 Å². The number of rotatable bonds is 11. The van der Waals surface area contributed by atoms with Crippen molar-refractivity contribution in [3.63, 3.8) is 0 Å². The maximum atomic E-state index is 12.7. The van der Waals surface area contributed by atoms with Gasteiger partial charge in [-0.05, 0) is 78.6 Å². The Balaban J connectivity index is 1.40. The highest BCUT2D eigenvalue weighted by molar-refractivity contribution is 6.42. The van der Waals surface area contributed by atoms with Crippen molar-refractivity contribution >= 4 is 46.4 Å². The zero-order valence-electron chi connectivity index (χ0n) is 22.4. The zero-order valence-corrected chi connectivity index (χ0v) is 23.9. The zero-order chi connectivity index (χ0) is 27.9. The van der Waals surface area contributed by atoms with Crippen LogP contribution in [0.15, 0.2) is 67.0 Å². The first-order chi connectivity index (χ1) is 18.8. The Morgan fingerprint density at radius 3 is 2.38 bits per heavy atom. The summed E-state index contributed by atoms with van der Waals surface area (Å²) in [4.78, 5) is 29.1. The predicted octanol–water partition coefficient (Wildman–Crippen LogP) is 8.42. The lowest BCUT2D eigenvalue weighted by molar-refractivity contribution is -0.144. The van der Waals surface area contributed by atoms with Gasteiger partial charge in [0.05, 0.1) is 16.7 Å². The van der Waals surface area contributed by atoms with E-state index in [0.717, 1.165) is 30.4 Å². The van der Waals surface area contributed by atoms with Crippen LogP contribution in [0.4, 0.5) is 5.69 Å². The van der Waals surface area contributed by atoms with Gasteiger partial charge in [-0.15, -0.1) is 0 Å². The van der Waals surface area contributed by atoms with E-state index in [-0.39, 0.29) is 11.9 Å². The fraction of sp³-hybridized carbons (Fsp3) is 0.323. The van der Waals surface area contributed by atoms with Crippen LogP contribution in [0.1, 0.15) is 68.4 Å². The third-order valence-corrected chi connectivity index (χ3v) is 7.76. The van der Waals surface area contributed by atoms with E-state index < -0.39 is 0 Å². The Hall–Kier alpha value is -3.35. The number of carbonyl (C=O) groups excluding carboxylic acids is 2. The number of carbonyl (C=O) groups is 2. The summed E-state index contributed by atoms with van der Waals surface area (Å²) in [6.45, 7) is 6.64. The van der Waals surface area contributed by atoms with Crippen LogP contribution in [0.25, 0.3) is 16.8 Å². The number of halogens is 2. The standard InChI is InChI=1S/C31H33Cl2N3O3/c1-4-21(16-30(37)39-5-2)7-6-20(3)22-8-10-23(11-9-22)24-12-15-29-35-28(19-36(29)18-24)31(38)34-25-13-14-26(32)27(33)17-25/h8-15,17-21H,4-7,16H2,1-3H3,(H,34,38). The van der Waals surface area contributed by atoms with Crippen molar-refractivity contribution in [2.45, 2.75) is 52.4 Å². The highest BCUT2D eigenvalue weighted by Gasteiger charge is 2.16. The summed E-state index contributed by atoms with van der Waals surface area (Å²) in [6.07, 6.45) is 7.16. The first kappa shape index (κ1) is 28.7. The molecule has 8 heteroatoms. The van der Waals surface area contributed by atoms with Gasteiger partial charge in [0.25, 0.3) is 5.91 Å². The first-order valence-electron chi connectivity index (χ1n) is 13.3. The fourth-order valence-electron chi connectivity index (χ4n) is 4.60. The van der Waals surface area contributed by atoms with Crippen molar-refractivity contribution < 1.29 is 14.3 Å². The van der Waals surface area contributed by atoms with E-state index >= 15 is 0 Å². The molecule has 0 saturated heterocycles. The molecule has 39 heavy (non-hydrogen) atoms. The number of benzene rings is 2. The summed E-state index contributed by atoms with van der Waals surface area (Å²) in [5, 5.41) is 3.60. The number of imidazole rings is 1. The minimum absolute atomic E-state index is 0.101. The van der Waals surface area contributed by atoms with Crippen LogP contribution in [0, 0.1) is 5.92 Å². The average Bonchev–Trinajstić information content (AvgIpc) is 3.37. The van der Waals surface area contributed by atoms with E-state index in [1.807, 2.05) is 29.7 Å². The molecular formula is C31H33Cl2N3O3. The summed E-state index contributed by atoms with van der Waals surface area (Å²) < 4.78 is 6.97. The van der Waals surface area contributed by atoms with E-state index in [4.69, 9.17) is 27.9 Å². The second-order valence-electron chi connectivity index (χ2n) is 9.78. The van der Waals surface area contributed by atoms with Gasteiger partial charge in [0, 0.05) is 24.5 Å². The molecule has 2 atom stereocenters. The Kier molecular flexibility index (Phi) is 9.65. The number of esters is 1. The maximum absolute atomic E-state index is 12.7. The maximum Gasteiger partial charge on any atom is 0.306 e. The van der Waals surface area contributed by atoms with Gasteiger partial charge in [0.15, 0.2) is 0 Å². The Labute approximate surface area is 239 Å². The van der Waals surface area contributed by atoms with Gasteiger partial charge in [0.1, 0.15) is 11.3 Å². The molecular weight excluding hydrogens is 533 g/mol. The summed E-state index contributed by atoms with van der Waals surface area (Å²) in [7, 11) is 0. The Bertz CT molecular complexity index is 1450. The Morgan fingerprint density at radius 2 is 1.69 bits per heavy atom. The van der Waals surface area contributed by atoms with Gasteiger partial charge in [-0.1, -0.05) is 67.7 Å². The van der Waals surface area contributed by atoms with Gasteiger partial charge >= 0.3 is 5.97 Å². The van der Waals surface area contributed by atoms with Crippen molar-refractivity contribution in [2.75, 3.05) is 11.9 Å². The number of anilines is 1. The lowest BCUT2D eigenvalue weighted by Crippen LogP contribution is -2.12. The van der Waals surface area contributed by atoms with Gasteiger partial charge < -0.3 is 14.5 Å². The van der Waals surface area contributed by atoms with Crippen LogP contribution in [0.5, 0.6) is 0 Å². The summed E-state index contributed by atoms with van der Waals surface area (Å²) in [5.74, 6) is 0.312. The normalized spacial score (nSPS) is 12.7. The van der Waals surface area contributed by atoms with Gasteiger partial charge in [-0.2, -0.15) is 0 Å². The quantitative estimate of drug-likeness (QED) is 0.185. The fourth-order valence-corrected chi connectivity index (χ4v) is 4.90. The van der Waals surface area contributed by atoms with Crippen LogP contribution in [-0.2, 0) is 9.53 Å². The summed E-state index contributed by atoms with van der Waals surface area (Å²) in [6, 6.07) is 17.4. The van der Waals surface area contributed by atoms with E-state index in [1.54, 1.807) is 24.4 Å². The highest BCUT2D eigenvalue weighted by atomic mass is 35.5. The average molecular weight is 567 g/mol. The van der Waals surface area contributed by atoms with Crippen LogP contribution >= 0.6 is 23.2 Å². The van der Waals surface area contributed by atoms with Crippen LogP contribution in [0.3, 0.4) is 0 Å². The number of aromatic nitrogens is 2. The van der Waals surface area contributed by atoms with E-state index in [1.165, 1.54) is 5.56 Å². The molecule has 4 rings (SSSR count). The number of nitrogens with zero attached hydrogens (tertiary/aromatic N) is 2. The molecule has 0 aliphatic rings. The molecule has 4 aromatic rings. The largest absolute Gasteiger partial charge is 0.466 e. The number of ether oxygens (including phenoxy) is 1. The SMILES string of the molecule is CCOC(=O)CC(CC)CCC(C)c1ccc(-c2ccc3nc(C(=O)Nc4ccc(Cl)c(Cl)c4)cn3c2)cc1. The molecule has 6 nitrogen and oxygen atoms in total. The molecule has 2 aromatic heterocycles. The van der Waals surface area contributed by atoms with Crippen LogP contribution in [0.2, 0.25) is 10.0 Å². The molecule has 0 spiro atoms. The van der Waals surface area contributed by atoms with Crippen LogP contribution in [-0.4, -0.2) is 27.9 Å². The lowest BCUT2D eigenvalue weighted by Gasteiger charge is -2.18. The van der Waals surface area contributed by atoms with Crippen molar-refractivity contribution in [2.24, 2.45) is 5.92 Å². The van der Waals surface area contributed by atoms with Crippen LogP contribution < -0.4 is 5.32 Å². The number of nitrogens with one attached hydrogen (secondary N) is 1. The smallest absolute Gasteiger partial charge is 0.306 e. The molecule has 2 unspecified atom stereocenters. The van der Waals surface area contributed by atoms with Crippen molar-refractivity contribution in [1.29, 1.82) is 0 Å². The third-order valence-electron chi connectivity index (χ3n) is 7.02. The predicted molar refractivity (Wildman–Crippen MR) is 158 cm³/mol. The molecule has 2 heterocycles. The molecule has 2 aromatic carbocycles. The number of pyridine rings is 1. The minimum atomic E-state index is -0.329. The molecule has 0 aliphatic heterocycles. The second-order valence-corrected chi connectivity index (χ2v) is 10.6. The molecule has 0 radical (unpaired) electrons. The Morgan fingerprint density at radius 1 is 0.949 bits per heavy atom. The topological polar surface area (TPSA) is 72.7 Å². The molecule has 0 fully saturated rings. The minimum Gasteiger partial charge on any atom is -0.466 e. The van der Waals surface area contributed by atoms with Gasteiger partial charge in [-0.25, -0.2) is 4.98 Å². The lowest BCUT2D eigenvalue weighted by atomic mass is 9.88. The monoisotopic (exact) mass is 565 g/mol. The van der Waals surface area contributed by atoms with Gasteiger partial charge in [0.2, 0.25) is 0 Å². The molecule has 0 bridgehead atoms. The molecule has 1 amide bonds. The summed E-state index contributed by atoms with van der Waals surface area (Å²) in [5.41, 5.74) is 4.90. The number of hydrogen-bond acceptors (Lipinski definition) is 4. The molecule has 0 saturated carbocycles. The number of fused-ring (bicyclic) bond motifs is 1. The van der Waals surface area contributed by atoms with Crippen molar-refractivity contribution in [1.82, 2.24) is 9.38 Å². The molecule has 0 aliphatic carbocycles. The third kappa shape index (κ3) is 7.40. The van der Waals surface area contributed by atoms with Crippen molar-refractivity contribution in [3.8, 4) is 11.1 Å². The number of hydrogen-bond donors (Lipinski definition) is 1. The highest BCUT2D eigenvalue weighted by Crippen LogP contribution is 2.29. The summed E-state index contributed by atoms with van der Waals surface area (Å²) >= 11 is 12.0.